The molecule has 2 saturated heterocycles. The zero-order valence-corrected chi connectivity index (χ0v) is 33.1. The predicted octanol–water partition coefficient (Wildman–Crippen LogP) is 7.51. The SMILES string of the molecule is CC(Cc1ccc(OC(F)(F)F)c(C(=O)N2C[C@H](n3cc(C(C)(C)O)cn3)CC[C@H]2C)c1)c1ccccc1C(=O)N1C[C@H](n2cc(C(C)(C)O)cn2)CC[C@H]1C. The number of aliphatic hydroxyl groups is 2. The van der Waals surface area contributed by atoms with Crippen LogP contribution >= 0.6 is 0 Å². The molecule has 2 fully saturated rings. The number of rotatable bonds is 10. The Morgan fingerprint density at radius 3 is 1.77 bits per heavy atom. The number of nitrogens with zero attached hydrogens (tertiary/aromatic N) is 6. The van der Waals surface area contributed by atoms with Crippen LogP contribution in [0.5, 0.6) is 5.75 Å². The standard InChI is InChI=1S/C42H53F3N6O5/c1-26(34-10-8-9-11-35(34)38(52)48-24-32(15-12-27(48)2)50-22-30(20-46-50)40(4,5)54)18-29-14-17-37(56-42(43,44)45)36(19-29)39(53)49-25-33(16-13-28(49)3)51-23-31(21-47-51)41(6,7)55/h8-11,14,17,19-23,26-28,32-33,54-55H,12-13,15-16,18,24-25H2,1-7H3/t26?,27-,28-,32-,33-/m1/s1. The molecule has 5 atom stereocenters. The van der Waals surface area contributed by atoms with Crippen molar-refractivity contribution >= 4 is 11.8 Å². The summed E-state index contributed by atoms with van der Waals surface area (Å²) in [6.07, 6.45) is 5.04. The first-order valence-corrected chi connectivity index (χ1v) is 19.3. The fourth-order valence-corrected chi connectivity index (χ4v) is 7.86. The summed E-state index contributed by atoms with van der Waals surface area (Å²) in [5, 5.41) is 29.8. The van der Waals surface area contributed by atoms with Gasteiger partial charge >= 0.3 is 6.36 Å². The number of piperidine rings is 2. The van der Waals surface area contributed by atoms with E-state index in [-0.39, 0.29) is 48.1 Å². The van der Waals surface area contributed by atoms with Gasteiger partial charge in [0.05, 0.1) is 41.2 Å². The molecule has 2 amide bonds. The molecule has 302 valence electrons. The Morgan fingerprint density at radius 2 is 1.29 bits per heavy atom. The fourth-order valence-electron chi connectivity index (χ4n) is 7.86. The molecular weight excluding hydrogens is 725 g/mol. The molecule has 2 aromatic heterocycles. The molecule has 14 heteroatoms. The molecule has 11 nitrogen and oxygen atoms in total. The minimum Gasteiger partial charge on any atom is -0.405 e. The van der Waals surface area contributed by atoms with Crippen LogP contribution in [0.25, 0.3) is 0 Å². The third-order valence-electron chi connectivity index (χ3n) is 11.4. The third-order valence-corrected chi connectivity index (χ3v) is 11.4. The van der Waals surface area contributed by atoms with Crippen LogP contribution in [0.3, 0.4) is 0 Å². The number of halogens is 3. The lowest BCUT2D eigenvalue weighted by atomic mass is 9.88. The largest absolute Gasteiger partial charge is 0.573 e. The Balaban J connectivity index is 1.23. The van der Waals surface area contributed by atoms with Crippen molar-refractivity contribution in [1.29, 1.82) is 0 Å². The predicted molar refractivity (Wildman–Crippen MR) is 204 cm³/mol. The highest BCUT2D eigenvalue weighted by molar-refractivity contribution is 5.98. The monoisotopic (exact) mass is 778 g/mol. The average Bonchev–Trinajstić information content (AvgIpc) is 3.84. The number of hydrogen-bond acceptors (Lipinski definition) is 7. The normalized spacial score (nSPS) is 21.6. The first-order valence-electron chi connectivity index (χ1n) is 19.3. The Kier molecular flexibility index (Phi) is 11.5. The van der Waals surface area contributed by atoms with Crippen molar-refractivity contribution in [3.05, 3.63) is 101 Å². The summed E-state index contributed by atoms with van der Waals surface area (Å²) in [5.74, 6) is -1.52. The van der Waals surface area contributed by atoms with Crippen LogP contribution in [-0.2, 0) is 17.6 Å². The van der Waals surface area contributed by atoms with Gasteiger partial charge in [-0.05, 0) is 109 Å². The number of ether oxygens (including phenoxy) is 1. The molecule has 0 spiro atoms. The zero-order valence-electron chi connectivity index (χ0n) is 33.1. The summed E-state index contributed by atoms with van der Waals surface area (Å²) in [7, 11) is 0. The second-order valence-corrected chi connectivity index (χ2v) is 16.7. The first kappa shape index (κ1) is 41.0. The number of carbonyl (C=O) groups is 2. The van der Waals surface area contributed by atoms with Gasteiger partial charge in [-0.1, -0.05) is 31.2 Å². The molecule has 0 radical (unpaired) electrons. The van der Waals surface area contributed by atoms with Crippen molar-refractivity contribution in [3.63, 3.8) is 0 Å². The summed E-state index contributed by atoms with van der Waals surface area (Å²) in [6, 6.07) is 11.0. The van der Waals surface area contributed by atoms with Crippen molar-refractivity contribution < 1.29 is 37.7 Å². The Bertz CT molecular complexity index is 2030. The molecule has 56 heavy (non-hydrogen) atoms. The van der Waals surface area contributed by atoms with Crippen molar-refractivity contribution in [2.24, 2.45) is 0 Å². The minimum atomic E-state index is -5.01. The first-order chi connectivity index (χ1) is 26.2. The Hall–Kier alpha value is -4.69. The van der Waals surface area contributed by atoms with Crippen molar-refractivity contribution in [3.8, 4) is 5.75 Å². The van der Waals surface area contributed by atoms with E-state index in [0.717, 1.165) is 18.4 Å². The van der Waals surface area contributed by atoms with Crippen LogP contribution in [0, 0.1) is 0 Å². The van der Waals surface area contributed by atoms with Gasteiger partial charge in [0.1, 0.15) is 5.75 Å². The summed E-state index contributed by atoms with van der Waals surface area (Å²) in [4.78, 5) is 32.0. The maximum atomic E-state index is 14.3. The lowest BCUT2D eigenvalue weighted by molar-refractivity contribution is -0.274. The molecule has 2 aliphatic rings. The van der Waals surface area contributed by atoms with E-state index in [1.54, 1.807) is 61.9 Å². The molecular formula is C42H53F3N6O5. The van der Waals surface area contributed by atoms with Gasteiger partial charge in [0.25, 0.3) is 11.8 Å². The molecule has 0 saturated carbocycles. The number of aromatic nitrogens is 4. The maximum Gasteiger partial charge on any atom is 0.573 e. The topological polar surface area (TPSA) is 126 Å². The number of amides is 2. The summed E-state index contributed by atoms with van der Waals surface area (Å²) in [5.41, 5.74) is 0.921. The smallest absolute Gasteiger partial charge is 0.405 e. The van der Waals surface area contributed by atoms with Crippen LogP contribution in [-0.4, -0.2) is 82.9 Å². The molecule has 0 bridgehead atoms. The van der Waals surface area contributed by atoms with Crippen LogP contribution in [0.1, 0.15) is 135 Å². The highest BCUT2D eigenvalue weighted by Gasteiger charge is 2.37. The van der Waals surface area contributed by atoms with Gasteiger partial charge in [-0.2, -0.15) is 10.2 Å². The number of benzene rings is 2. The number of carbonyl (C=O) groups excluding carboxylic acids is 2. The molecule has 1 unspecified atom stereocenters. The van der Waals surface area contributed by atoms with Crippen molar-refractivity contribution in [1.82, 2.24) is 29.4 Å². The molecule has 2 aromatic carbocycles. The van der Waals surface area contributed by atoms with E-state index in [0.29, 0.717) is 48.1 Å². The minimum absolute atomic E-state index is 0.0187. The van der Waals surface area contributed by atoms with Crippen LogP contribution in [0.4, 0.5) is 13.2 Å². The van der Waals surface area contributed by atoms with E-state index in [1.807, 2.05) is 54.7 Å². The highest BCUT2D eigenvalue weighted by Crippen LogP contribution is 2.35. The van der Waals surface area contributed by atoms with Crippen molar-refractivity contribution in [2.75, 3.05) is 13.1 Å². The van der Waals surface area contributed by atoms with E-state index in [1.165, 1.54) is 18.2 Å². The Labute approximate surface area is 326 Å². The van der Waals surface area contributed by atoms with Crippen LogP contribution in [0.15, 0.2) is 67.3 Å². The maximum absolute atomic E-state index is 14.3. The van der Waals surface area contributed by atoms with Gasteiger partial charge in [-0.15, -0.1) is 13.2 Å². The van der Waals surface area contributed by atoms with Crippen LogP contribution in [0.2, 0.25) is 0 Å². The molecule has 4 heterocycles. The third kappa shape index (κ3) is 9.12. The Morgan fingerprint density at radius 1 is 0.786 bits per heavy atom. The number of hydrogen-bond donors (Lipinski definition) is 2. The lowest BCUT2D eigenvalue weighted by Gasteiger charge is -2.38. The van der Waals surface area contributed by atoms with Gasteiger partial charge in [-0.3, -0.25) is 19.0 Å². The highest BCUT2D eigenvalue weighted by atomic mass is 19.4. The van der Waals surface area contributed by atoms with E-state index >= 15 is 0 Å². The summed E-state index contributed by atoms with van der Waals surface area (Å²) < 4.78 is 48.9. The fraction of sp³-hybridized carbons (Fsp3) is 0.524. The van der Waals surface area contributed by atoms with Gasteiger partial charge < -0.3 is 24.7 Å². The molecule has 2 N–H and O–H groups in total. The van der Waals surface area contributed by atoms with Gasteiger partial charge in [0.15, 0.2) is 0 Å². The molecule has 0 aliphatic carbocycles. The summed E-state index contributed by atoms with van der Waals surface area (Å²) >= 11 is 0. The van der Waals surface area contributed by atoms with E-state index in [9.17, 15) is 33.0 Å². The number of likely N-dealkylation sites (tertiary alicyclic amines) is 2. The summed E-state index contributed by atoms with van der Waals surface area (Å²) in [6.45, 7) is 13.2. The zero-order chi connectivity index (χ0) is 40.7. The van der Waals surface area contributed by atoms with E-state index in [4.69, 9.17) is 0 Å². The number of alkyl halides is 3. The van der Waals surface area contributed by atoms with E-state index < -0.39 is 29.2 Å². The molecule has 4 aromatic rings. The quantitative estimate of drug-likeness (QED) is 0.171. The lowest BCUT2D eigenvalue weighted by Crippen LogP contribution is -2.46. The van der Waals surface area contributed by atoms with Gasteiger partial charge in [0.2, 0.25) is 0 Å². The average molecular weight is 779 g/mol. The second kappa shape index (κ2) is 15.7. The van der Waals surface area contributed by atoms with Gasteiger partial charge in [0, 0.05) is 54.3 Å². The second-order valence-electron chi connectivity index (χ2n) is 16.7. The molecule has 2 aliphatic heterocycles. The van der Waals surface area contributed by atoms with Crippen molar-refractivity contribution in [2.45, 2.75) is 128 Å². The van der Waals surface area contributed by atoms with Crippen LogP contribution < -0.4 is 4.74 Å². The van der Waals surface area contributed by atoms with E-state index in [2.05, 4.69) is 14.9 Å². The molecule has 6 rings (SSSR count). The van der Waals surface area contributed by atoms with Gasteiger partial charge in [-0.25, -0.2) is 0 Å².